The zero-order valence-corrected chi connectivity index (χ0v) is 18.3. The summed E-state index contributed by atoms with van der Waals surface area (Å²) in [5.74, 6) is 0.546. The molecule has 160 valence electrons. The van der Waals surface area contributed by atoms with Crippen molar-refractivity contribution in [2.24, 2.45) is 0 Å². The molecule has 0 saturated carbocycles. The van der Waals surface area contributed by atoms with Gasteiger partial charge >= 0.3 is 5.97 Å². The lowest BCUT2D eigenvalue weighted by Gasteiger charge is -2.25. The molecule has 4 heteroatoms. The van der Waals surface area contributed by atoms with Crippen LogP contribution >= 0.6 is 0 Å². The molecule has 33 heavy (non-hydrogen) atoms. The summed E-state index contributed by atoms with van der Waals surface area (Å²) in [7, 11) is 0. The summed E-state index contributed by atoms with van der Waals surface area (Å²) in [5, 5.41) is 0.782. The molecule has 0 unspecified atom stereocenters. The van der Waals surface area contributed by atoms with Crippen molar-refractivity contribution >= 4 is 34.2 Å². The van der Waals surface area contributed by atoms with Crippen LogP contribution in [0.15, 0.2) is 95.4 Å². The number of hydrogen-bond acceptors (Lipinski definition) is 4. The van der Waals surface area contributed by atoms with Gasteiger partial charge in [0.15, 0.2) is 0 Å². The fourth-order valence-electron chi connectivity index (χ4n) is 4.46. The lowest BCUT2D eigenvalue weighted by molar-refractivity contribution is 0.0740. The summed E-state index contributed by atoms with van der Waals surface area (Å²) in [4.78, 5) is 15.3. The van der Waals surface area contributed by atoms with Gasteiger partial charge in [-0.05, 0) is 49.7 Å². The van der Waals surface area contributed by atoms with Gasteiger partial charge in [0.05, 0.1) is 22.3 Å². The maximum absolute atomic E-state index is 13.3. The van der Waals surface area contributed by atoms with E-state index in [-0.39, 0.29) is 5.97 Å². The standard InChI is InChI=1S/C29H21NO3/c1-18-12-14-25-22(16-18)29(31)33-27-23-17-19(2)13-15-26(23)32-28(27)30(25)24-11-7-6-10-21(24)20-8-4-3-5-9-20/h3-17H,1-2H3. The average Bonchev–Trinajstić information content (AvgIpc) is 3.12. The highest BCUT2D eigenvalue weighted by Gasteiger charge is 2.34. The molecular weight excluding hydrogens is 410 g/mol. The van der Waals surface area contributed by atoms with E-state index in [9.17, 15) is 4.79 Å². The molecule has 0 bridgehead atoms. The summed E-state index contributed by atoms with van der Waals surface area (Å²) < 4.78 is 12.3. The average molecular weight is 431 g/mol. The van der Waals surface area contributed by atoms with Gasteiger partial charge in [-0.25, -0.2) is 4.79 Å². The van der Waals surface area contributed by atoms with Crippen LogP contribution in [-0.2, 0) is 0 Å². The molecule has 2 heterocycles. The van der Waals surface area contributed by atoms with Gasteiger partial charge in [0.2, 0.25) is 11.6 Å². The third kappa shape index (κ3) is 3.11. The van der Waals surface area contributed by atoms with Gasteiger partial charge in [0.25, 0.3) is 0 Å². The van der Waals surface area contributed by atoms with Crippen molar-refractivity contribution in [3.05, 3.63) is 108 Å². The predicted molar refractivity (Wildman–Crippen MR) is 131 cm³/mol. The predicted octanol–water partition coefficient (Wildman–Crippen LogP) is 7.72. The Hall–Kier alpha value is -4.31. The monoisotopic (exact) mass is 431 g/mol. The van der Waals surface area contributed by atoms with E-state index in [1.807, 2.05) is 91.5 Å². The van der Waals surface area contributed by atoms with Gasteiger partial charge in [-0.1, -0.05) is 71.8 Å². The van der Waals surface area contributed by atoms with E-state index < -0.39 is 0 Å². The number of rotatable bonds is 2. The molecule has 1 aromatic heterocycles. The van der Waals surface area contributed by atoms with Crippen LogP contribution in [0.1, 0.15) is 21.5 Å². The molecular formula is C29H21NO3. The van der Waals surface area contributed by atoms with Crippen LogP contribution in [0.2, 0.25) is 0 Å². The van der Waals surface area contributed by atoms with E-state index in [2.05, 4.69) is 18.2 Å². The molecule has 0 radical (unpaired) electrons. The Morgan fingerprint density at radius 2 is 1.39 bits per heavy atom. The molecule has 0 N–H and O–H groups in total. The molecule has 1 aliphatic heterocycles. The normalized spacial score (nSPS) is 12.8. The maximum atomic E-state index is 13.3. The number of aryl methyl sites for hydroxylation is 2. The summed E-state index contributed by atoms with van der Waals surface area (Å²) >= 11 is 0. The molecule has 1 aliphatic rings. The molecule has 0 atom stereocenters. The second kappa shape index (κ2) is 7.38. The topological polar surface area (TPSA) is 42.7 Å². The molecule has 4 aromatic carbocycles. The van der Waals surface area contributed by atoms with Crippen molar-refractivity contribution in [3.63, 3.8) is 0 Å². The lowest BCUT2D eigenvalue weighted by atomic mass is 10.0. The number of carbonyl (C=O) groups is 1. The minimum absolute atomic E-state index is 0.390. The number of benzene rings is 4. The highest BCUT2D eigenvalue weighted by atomic mass is 16.5. The van der Waals surface area contributed by atoms with Crippen molar-refractivity contribution in [1.82, 2.24) is 0 Å². The fraction of sp³-hybridized carbons (Fsp3) is 0.0690. The van der Waals surface area contributed by atoms with E-state index in [1.54, 1.807) is 0 Å². The smallest absolute Gasteiger partial charge is 0.345 e. The number of hydrogen-bond donors (Lipinski definition) is 0. The van der Waals surface area contributed by atoms with Crippen molar-refractivity contribution < 1.29 is 13.9 Å². The minimum atomic E-state index is -0.390. The molecule has 0 fully saturated rings. The molecule has 4 nitrogen and oxygen atoms in total. The number of nitrogens with zero attached hydrogens (tertiary/aromatic N) is 1. The Kier molecular flexibility index (Phi) is 4.34. The number of anilines is 3. The third-order valence-corrected chi connectivity index (χ3v) is 6.02. The van der Waals surface area contributed by atoms with E-state index in [1.165, 1.54) is 0 Å². The van der Waals surface area contributed by atoms with Crippen LogP contribution in [0, 0.1) is 13.8 Å². The summed E-state index contributed by atoms with van der Waals surface area (Å²) in [5.41, 5.74) is 6.97. The van der Waals surface area contributed by atoms with Crippen molar-refractivity contribution in [3.8, 4) is 16.9 Å². The van der Waals surface area contributed by atoms with E-state index in [0.717, 1.165) is 39.0 Å². The zero-order chi connectivity index (χ0) is 22.5. The Bertz CT molecular complexity index is 1530. The van der Waals surface area contributed by atoms with Crippen molar-refractivity contribution in [2.75, 3.05) is 4.90 Å². The Morgan fingerprint density at radius 1 is 0.697 bits per heavy atom. The lowest BCUT2D eigenvalue weighted by Crippen LogP contribution is -2.13. The number of esters is 1. The number of furan rings is 1. The summed E-state index contributed by atoms with van der Waals surface area (Å²) in [6.45, 7) is 3.98. The van der Waals surface area contributed by atoms with E-state index in [0.29, 0.717) is 22.8 Å². The van der Waals surface area contributed by atoms with Crippen LogP contribution < -0.4 is 9.64 Å². The van der Waals surface area contributed by atoms with Gasteiger partial charge in [-0.2, -0.15) is 0 Å². The van der Waals surface area contributed by atoms with Crippen LogP contribution in [0.3, 0.4) is 0 Å². The summed E-state index contributed by atoms with van der Waals surface area (Å²) in [6, 6.07) is 30.1. The van der Waals surface area contributed by atoms with Crippen LogP contribution in [0.4, 0.5) is 17.3 Å². The van der Waals surface area contributed by atoms with Crippen molar-refractivity contribution in [2.45, 2.75) is 13.8 Å². The Labute approximate surface area is 191 Å². The highest BCUT2D eigenvalue weighted by Crippen LogP contribution is 2.51. The van der Waals surface area contributed by atoms with Crippen LogP contribution in [0.25, 0.3) is 22.1 Å². The van der Waals surface area contributed by atoms with Gasteiger partial charge < -0.3 is 9.15 Å². The molecule has 6 rings (SSSR count). The van der Waals surface area contributed by atoms with Crippen LogP contribution in [-0.4, -0.2) is 5.97 Å². The number of carbonyl (C=O) groups excluding carboxylic acids is 1. The molecule has 0 spiro atoms. The first-order chi connectivity index (χ1) is 16.1. The number of para-hydroxylation sites is 1. The minimum Gasteiger partial charge on any atom is -0.436 e. The SMILES string of the molecule is Cc1ccc2c(c1)C(=O)Oc1c(oc3ccc(C)cc13)N2c1ccccc1-c1ccccc1. The Balaban J connectivity index is 1.70. The van der Waals surface area contributed by atoms with E-state index >= 15 is 0 Å². The third-order valence-electron chi connectivity index (χ3n) is 6.02. The maximum Gasteiger partial charge on any atom is 0.345 e. The van der Waals surface area contributed by atoms with Crippen molar-refractivity contribution in [1.29, 1.82) is 0 Å². The van der Waals surface area contributed by atoms with Gasteiger partial charge in [-0.15, -0.1) is 0 Å². The van der Waals surface area contributed by atoms with Crippen LogP contribution in [0.5, 0.6) is 5.75 Å². The first-order valence-electron chi connectivity index (χ1n) is 10.9. The van der Waals surface area contributed by atoms with Gasteiger partial charge in [-0.3, -0.25) is 4.90 Å². The second-order valence-corrected chi connectivity index (χ2v) is 8.36. The molecule has 0 aliphatic carbocycles. The Morgan fingerprint density at radius 3 is 2.24 bits per heavy atom. The molecule has 5 aromatic rings. The summed E-state index contributed by atoms with van der Waals surface area (Å²) in [6.07, 6.45) is 0. The second-order valence-electron chi connectivity index (χ2n) is 8.36. The largest absolute Gasteiger partial charge is 0.436 e. The first-order valence-corrected chi connectivity index (χ1v) is 10.9. The fourth-order valence-corrected chi connectivity index (χ4v) is 4.46. The molecule has 0 amide bonds. The van der Waals surface area contributed by atoms with Gasteiger partial charge in [0, 0.05) is 5.56 Å². The highest BCUT2D eigenvalue weighted by molar-refractivity contribution is 6.07. The quantitative estimate of drug-likeness (QED) is 0.268. The van der Waals surface area contributed by atoms with E-state index in [4.69, 9.17) is 9.15 Å². The first kappa shape index (κ1) is 19.4. The van der Waals surface area contributed by atoms with Gasteiger partial charge in [0.1, 0.15) is 5.58 Å². The zero-order valence-electron chi connectivity index (χ0n) is 18.3. The molecule has 0 saturated heterocycles. The number of ether oxygens (including phenoxy) is 1. The number of fused-ring (bicyclic) bond motifs is 4.